The first-order valence-corrected chi connectivity index (χ1v) is 11.0. The third kappa shape index (κ3) is 6.17. The van der Waals surface area contributed by atoms with E-state index in [1.807, 2.05) is 51.1 Å². The molecule has 1 aromatic heterocycles. The number of carbonyl (C=O) groups excluding carboxylic acids is 2. The predicted molar refractivity (Wildman–Crippen MR) is 118 cm³/mol. The van der Waals surface area contributed by atoms with Crippen LogP contribution in [-0.4, -0.2) is 23.5 Å². The molecule has 1 amide bonds. The molecule has 7 heteroatoms. The highest BCUT2D eigenvalue weighted by atomic mass is 32.2. The fourth-order valence-corrected chi connectivity index (χ4v) is 4.06. The van der Waals surface area contributed by atoms with Crippen LogP contribution in [0.2, 0.25) is 0 Å². The van der Waals surface area contributed by atoms with Crippen molar-refractivity contribution in [1.82, 2.24) is 4.98 Å². The maximum absolute atomic E-state index is 12.2. The van der Waals surface area contributed by atoms with Gasteiger partial charge in [0.2, 0.25) is 0 Å². The molecule has 0 bridgehead atoms. The van der Waals surface area contributed by atoms with Crippen molar-refractivity contribution in [3.8, 4) is 0 Å². The average Bonchev–Trinajstić information content (AvgIpc) is 3.13. The van der Waals surface area contributed by atoms with Gasteiger partial charge in [0.05, 0.1) is 16.3 Å². The van der Waals surface area contributed by atoms with Crippen molar-refractivity contribution in [2.45, 2.75) is 31.4 Å². The molecular weight excluding hydrogens is 404 g/mol. The Bertz CT molecular complexity index is 1010. The van der Waals surface area contributed by atoms with Gasteiger partial charge in [-0.3, -0.25) is 4.79 Å². The van der Waals surface area contributed by atoms with Gasteiger partial charge in [-0.25, -0.2) is 9.78 Å². The Morgan fingerprint density at radius 2 is 1.83 bits per heavy atom. The van der Waals surface area contributed by atoms with Crippen LogP contribution in [0.1, 0.15) is 32.2 Å². The standard InChI is InChI=1S/C22H22N2O3S2/c1-14-4-7-18(10-15(14)2)24-21(25)11-27-22(26)17-5-8-20(9-6-17)29-13-19-12-28-16(3)23-19/h4-10,12H,11,13H2,1-3H3,(H,24,25). The van der Waals surface area contributed by atoms with E-state index in [0.717, 1.165) is 32.5 Å². The van der Waals surface area contributed by atoms with E-state index < -0.39 is 5.97 Å². The number of thioether (sulfide) groups is 1. The zero-order valence-corrected chi connectivity index (χ0v) is 18.2. The minimum Gasteiger partial charge on any atom is -0.452 e. The highest BCUT2D eigenvalue weighted by Crippen LogP contribution is 2.24. The van der Waals surface area contributed by atoms with Crippen LogP contribution in [0.25, 0.3) is 0 Å². The van der Waals surface area contributed by atoms with E-state index in [4.69, 9.17) is 4.74 Å². The zero-order valence-electron chi connectivity index (χ0n) is 16.5. The molecule has 150 valence electrons. The molecule has 0 fully saturated rings. The summed E-state index contributed by atoms with van der Waals surface area (Å²) in [6.45, 7) is 5.64. The van der Waals surface area contributed by atoms with Gasteiger partial charge in [0.15, 0.2) is 6.61 Å². The minimum absolute atomic E-state index is 0.328. The molecule has 0 saturated heterocycles. The second-order valence-corrected chi connectivity index (χ2v) is 8.71. The SMILES string of the molecule is Cc1nc(CSc2ccc(C(=O)OCC(=O)Nc3ccc(C)c(C)c3)cc2)cs1. The number of amides is 1. The number of aromatic nitrogens is 1. The summed E-state index contributed by atoms with van der Waals surface area (Å²) in [6, 6.07) is 12.8. The summed E-state index contributed by atoms with van der Waals surface area (Å²) in [4.78, 5) is 29.7. The highest BCUT2D eigenvalue weighted by molar-refractivity contribution is 7.98. The second kappa shape index (κ2) is 9.71. The van der Waals surface area contributed by atoms with E-state index >= 15 is 0 Å². The van der Waals surface area contributed by atoms with Gasteiger partial charge in [0, 0.05) is 21.7 Å². The first-order chi connectivity index (χ1) is 13.9. The van der Waals surface area contributed by atoms with Crippen molar-refractivity contribution >= 4 is 40.7 Å². The van der Waals surface area contributed by atoms with Crippen LogP contribution in [-0.2, 0) is 15.3 Å². The van der Waals surface area contributed by atoms with E-state index in [1.165, 1.54) is 0 Å². The van der Waals surface area contributed by atoms with Gasteiger partial charge in [0.1, 0.15) is 0 Å². The molecule has 5 nitrogen and oxygen atoms in total. The summed E-state index contributed by atoms with van der Waals surface area (Å²) < 4.78 is 5.12. The number of hydrogen-bond donors (Lipinski definition) is 1. The number of anilines is 1. The Kier molecular flexibility index (Phi) is 7.06. The lowest BCUT2D eigenvalue weighted by Gasteiger charge is -2.09. The Balaban J connectivity index is 1.47. The number of aryl methyl sites for hydroxylation is 3. The number of nitrogens with zero attached hydrogens (tertiary/aromatic N) is 1. The third-order valence-electron chi connectivity index (χ3n) is 4.27. The van der Waals surface area contributed by atoms with E-state index in [1.54, 1.807) is 35.2 Å². The van der Waals surface area contributed by atoms with Crippen molar-refractivity contribution in [2.24, 2.45) is 0 Å². The summed E-state index contributed by atoms with van der Waals surface area (Å²) in [6.07, 6.45) is 0. The second-order valence-electron chi connectivity index (χ2n) is 6.59. The molecule has 2 aromatic carbocycles. The van der Waals surface area contributed by atoms with Crippen LogP contribution in [0.3, 0.4) is 0 Å². The topological polar surface area (TPSA) is 68.3 Å². The first kappa shape index (κ1) is 21.1. The van der Waals surface area contributed by atoms with E-state index in [2.05, 4.69) is 15.7 Å². The average molecular weight is 427 g/mol. The quantitative estimate of drug-likeness (QED) is 0.418. The van der Waals surface area contributed by atoms with Gasteiger partial charge < -0.3 is 10.1 Å². The predicted octanol–water partition coefficient (Wildman–Crippen LogP) is 5.16. The molecule has 29 heavy (non-hydrogen) atoms. The van der Waals surface area contributed by atoms with Crippen molar-refractivity contribution in [1.29, 1.82) is 0 Å². The summed E-state index contributed by atoms with van der Waals surface area (Å²) >= 11 is 3.29. The maximum Gasteiger partial charge on any atom is 0.338 e. The number of nitrogens with one attached hydrogen (secondary N) is 1. The van der Waals surface area contributed by atoms with Crippen LogP contribution < -0.4 is 5.32 Å². The van der Waals surface area contributed by atoms with E-state index in [0.29, 0.717) is 11.3 Å². The van der Waals surface area contributed by atoms with Gasteiger partial charge in [-0.1, -0.05) is 6.07 Å². The summed E-state index contributed by atoms with van der Waals surface area (Å²) in [5.74, 6) is -0.105. The number of thiazole rings is 1. The van der Waals surface area contributed by atoms with Gasteiger partial charge in [-0.05, 0) is 68.3 Å². The zero-order chi connectivity index (χ0) is 20.8. The third-order valence-corrected chi connectivity index (χ3v) is 6.14. The fraction of sp³-hybridized carbons (Fsp3) is 0.227. The normalized spacial score (nSPS) is 10.6. The molecule has 0 aliphatic carbocycles. The number of esters is 1. The molecule has 1 heterocycles. The Morgan fingerprint density at radius 3 is 2.48 bits per heavy atom. The van der Waals surface area contributed by atoms with Crippen molar-refractivity contribution in [2.75, 3.05) is 11.9 Å². The fourth-order valence-electron chi connectivity index (χ4n) is 2.55. The summed E-state index contributed by atoms with van der Waals surface area (Å²) in [5.41, 5.74) is 4.39. The lowest BCUT2D eigenvalue weighted by Crippen LogP contribution is -2.21. The van der Waals surface area contributed by atoms with E-state index in [-0.39, 0.29) is 12.5 Å². The number of benzene rings is 2. The molecule has 1 N–H and O–H groups in total. The number of carbonyl (C=O) groups is 2. The van der Waals surface area contributed by atoms with Gasteiger partial charge in [-0.2, -0.15) is 0 Å². The number of ether oxygens (including phenoxy) is 1. The molecule has 0 saturated carbocycles. The Labute approximate surface area is 178 Å². The Hall–Kier alpha value is -2.64. The number of hydrogen-bond acceptors (Lipinski definition) is 6. The molecule has 0 radical (unpaired) electrons. The van der Waals surface area contributed by atoms with Crippen molar-refractivity contribution in [3.63, 3.8) is 0 Å². The largest absolute Gasteiger partial charge is 0.452 e. The summed E-state index contributed by atoms with van der Waals surface area (Å²) in [5, 5.41) is 5.84. The molecule has 0 atom stereocenters. The smallest absolute Gasteiger partial charge is 0.338 e. The minimum atomic E-state index is -0.521. The Morgan fingerprint density at radius 1 is 1.07 bits per heavy atom. The molecule has 0 unspecified atom stereocenters. The van der Waals surface area contributed by atoms with Gasteiger partial charge in [-0.15, -0.1) is 23.1 Å². The van der Waals surface area contributed by atoms with Crippen molar-refractivity contribution in [3.05, 3.63) is 75.2 Å². The van der Waals surface area contributed by atoms with Crippen LogP contribution in [0, 0.1) is 20.8 Å². The van der Waals surface area contributed by atoms with Crippen LogP contribution in [0.15, 0.2) is 52.7 Å². The summed E-state index contributed by atoms with van der Waals surface area (Å²) in [7, 11) is 0. The lowest BCUT2D eigenvalue weighted by atomic mass is 10.1. The number of rotatable bonds is 7. The lowest BCUT2D eigenvalue weighted by molar-refractivity contribution is -0.119. The van der Waals surface area contributed by atoms with Crippen LogP contribution in [0.4, 0.5) is 5.69 Å². The molecule has 0 aliphatic heterocycles. The van der Waals surface area contributed by atoms with Crippen molar-refractivity contribution < 1.29 is 14.3 Å². The van der Waals surface area contributed by atoms with Gasteiger partial charge in [0.25, 0.3) is 5.91 Å². The molecular formula is C22H22N2O3S2. The van der Waals surface area contributed by atoms with Gasteiger partial charge >= 0.3 is 5.97 Å². The van der Waals surface area contributed by atoms with Crippen LogP contribution in [0.5, 0.6) is 0 Å². The monoisotopic (exact) mass is 426 g/mol. The molecule has 3 aromatic rings. The first-order valence-electron chi connectivity index (χ1n) is 9.09. The molecule has 0 spiro atoms. The van der Waals surface area contributed by atoms with Crippen LogP contribution >= 0.6 is 23.1 Å². The van der Waals surface area contributed by atoms with E-state index in [9.17, 15) is 9.59 Å². The molecule has 3 rings (SSSR count). The molecule has 0 aliphatic rings. The maximum atomic E-state index is 12.2. The highest BCUT2D eigenvalue weighted by Gasteiger charge is 2.11.